The molecule has 0 spiro atoms. The number of nitrogens with zero attached hydrogens (tertiary/aromatic N) is 4. The summed E-state index contributed by atoms with van der Waals surface area (Å²) in [6.45, 7) is 4.32. The van der Waals surface area contributed by atoms with Gasteiger partial charge in [0.1, 0.15) is 0 Å². The van der Waals surface area contributed by atoms with Crippen LogP contribution in [0.3, 0.4) is 0 Å². The van der Waals surface area contributed by atoms with Crippen LogP contribution < -0.4 is 5.32 Å². The van der Waals surface area contributed by atoms with Crippen molar-refractivity contribution in [1.82, 2.24) is 25.2 Å². The molecule has 1 N–H and O–H groups in total. The van der Waals surface area contributed by atoms with Crippen molar-refractivity contribution in [2.75, 3.05) is 0 Å². The molecule has 1 atom stereocenters. The fourth-order valence-corrected chi connectivity index (χ4v) is 3.40. The monoisotopic (exact) mass is 325 g/mol. The summed E-state index contributed by atoms with van der Waals surface area (Å²) < 4.78 is 1.90. The van der Waals surface area contributed by atoms with Crippen LogP contribution in [0.25, 0.3) is 0 Å². The first-order valence-electron chi connectivity index (χ1n) is 8.73. The second-order valence-electron chi connectivity index (χ2n) is 6.72. The molecule has 1 amide bonds. The number of aromatic nitrogens is 3. The number of amides is 1. The molecule has 1 aromatic carbocycles. The van der Waals surface area contributed by atoms with Crippen molar-refractivity contribution >= 4 is 5.91 Å². The molecular formula is C18H23N5O. The molecule has 4 rings (SSSR count). The Kier molecular flexibility index (Phi) is 4.06. The summed E-state index contributed by atoms with van der Waals surface area (Å²) in [4.78, 5) is 15.0. The fourth-order valence-electron chi connectivity index (χ4n) is 3.40. The first kappa shape index (κ1) is 15.3. The van der Waals surface area contributed by atoms with Gasteiger partial charge >= 0.3 is 0 Å². The van der Waals surface area contributed by atoms with E-state index in [1.165, 1.54) is 11.1 Å². The maximum atomic E-state index is 12.8. The second-order valence-corrected chi connectivity index (χ2v) is 6.72. The molecule has 126 valence electrons. The summed E-state index contributed by atoms with van der Waals surface area (Å²) in [5.41, 5.74) is 3.65. The highest BCUT2D eigenvalue weighted by atomic mass is 16.2. The first-order chi connectivity index (χ1) is 11.7. The maximum Gasteiger partial charge on any atom is 0.237 e. The predicted molar refractivity (Wildman–Crippen MR) is 90.0 cm³/mol. The van der Waals surface area contributed by atoms with Gasteiger partial charge in [0.05, 0.1) is 17.9 Å². The SMILES string of the molecule is CCn1nncc1CN1Cc2ccccc2C[C@@H]1C(=O)NC1CC1. The Hall–Kier alpha value is -2.21. The normalized spacial score (nSPS) is 20.6. The van der Waals surface area contributed by atoms with Crippen LogP contribution in [0.4, 0.5) is 0 Å². The quantitative estimate of drug-likeness (QED) is 0.905. The number of fused-ring (bicyclic) bond motifs is 1. The highest BCUT2D eigenvalue weighted by Gasteiger charge is 2.34. The molecule has 1 fully saturated rings. The molecule has 1 aliphatic heterocycles. The van der Waals surface area contributed by atoms with E-state index in [1.807, 2.05) is 4.68 Å². The average molecular weight is 325 g/mol. The minimum absolute atomic E-state index is 0.124. The Bertz CT molecular complexity index is 737. The molecule has 24 heavy (non-hydrogen) atoms. The molecule has 0 unspecified atom stereocenters. The van der Waals surface area contributed by atoms with Crippen LogP contribution >= 0.6 is 0 Å². The Morgan fingerprint density at radius 3 is 2.83 bits per heavy atom. The number of carbonyl (C=O) groups excluding carboxylic acids is 1. The molecule has 0 saturated heterocycles. The van der Waals surface area contributed by atoms with E-state index in [0.717, 1.165) is 38.0 Å². The van der Waals surface area contributed by atoms with E-state index in [9.17, 15) is 4.79 Å². The predicted octanol–water partition coefficient (Wildman–Crippen LogP) is 1.50. The van der Waals surface area contributed by atoms with Crippen LogP contribution in [-0.4, -0.2) is 37.9 Å². The minimum Gasteiger partial charge on any atom is -0.352 e. The zero-order valence-electron chi connectivity index (χ0n) is 14.0. The first-order valence-corrected chi connectivity index (χ1v) is 8.73. The Morgan fingerprint density at radius 1 is 1.29 bits per heavy atom. The molecule has 2 aliphatic rings. The molecule has 1 aromatic heterocycles. The van der Waals surface area contributed by atoms with Gasteiger partial charge in [0.15, 0.2) is 0 Å². The Morgan fingerprint density at radius 2 is 2.08 bits per heavy atom. The zero-order chi connectivity index (χ0) is 16.5. The van der Waals surface area contributed by atoms with Crippen LogP contribution in [0, 0.1) is 0 Å². The van der Waals surface area contributed by atoms with E-state index in [0.29, 0.717) is 12.6 Å². The summed E-state index contributed by atoms with van der Waals surface area (Å²) in [7, 11) is 0. The maximum absolute atomic E-state index is 12.8. The van der Waals surface area contributed by atoms with Crippen molar-refractivity contribution in [3.8, 4) is 0 Å². The van der Waals surface area contributed by atoms with Crippen molar-refractivity contribution in [3.05, 3.63) is 47.3 Å². The lowest BCUT2D eigenvalue weighted by molar-refractivity contribution is -0.127. The van der Waals surface area contributed by atoms with E-state index in [-0.39, 0.29) is 11.9 Å². The van der Waals surface area contributed by atoms with Crippen molar-refractivity contribution < 1.29 is 4.79 Å². The zero-order valence-corrected chi connectivity index (χ0v) is 14.0. The molecule has 0 bridgehead atoms. The van der Waals surface area contributed by atoms with E-state index in [1.54, 1.807) is 6.20 Å². The Balaban J connectivity index is 1.59. The summed E-state index contributed by atoms with van der Waals surface area (Å²) >= 11 is 0. The lowest BCUT2D eigenvalue weighted by Gasteiger charge is -2.35. The molecule has 6 nitrogen and oxygen atoms in total. The van der Waals surface area contributed by atoms with Gasteiger partial charge in [-0.25, -0.2) is 4.68 Å². The van der Waals surface area contributed by atoms with Gasteiger partial charge in [-0.05, 0) is 37.3 Å². The topological polar surface area (TPSA) is 63.1 Å². The van der Waals surface area contributed by atoms with E-state index >= 15 is 0 Å². The third kappa shape index (κ3) is 3.06. The van der Waals surface area contributed by atoms with Gasteiger partial charge in [0, 0.05) is 25.7 Å². The van der Waals surface area contributed by atoms with Crippen molar-refractivity contribution in [2.24, 2.45) is 0 Å². The third-order valence-corrected chi connectivity index (χ3v) is 4.93. The standard InChI is InChI=1S/C18H23N5O/c1-2-23-16(10-19-21-23)12-22-11-14-6-4-3-5-13(14)9-17(22)18(24)20-15-7-8-15/h3-6,10,15,17H,2,7-9,11-12H2,1H3,(H,20,24)/t17-/m1/s1. The van der Waals surface area contributed by atoms with E-state index in [2.05, 4.69) is 51.7 Å². The second kappa shape index (κ2) is 6.36. The summed E-state index contributed by atoms with van der Waals surface area (Å²) in [5.74, 6) is 0.155. The van der Waals surface area contributed by atoms with Gasteiger partial charge in [-0.1, -0.05) is 29.5 Å². The molecule has 1 saturated carbocycles. The van der Waals surface area contributed by atoms with Crippen LogP contribution in [-0.2, 0) is 30.8 Å². The molecule has 0 radical (unpaired) electrons. The molecule has 1 aliphatic carbocycles. The smallest absolute Gasteiger partial charge is 0.237 e. The van der Waals surface area contributed by atoms with E-state index < -0.39 is 0 Å². The lowest BCUT2D eigenvalue weighted by Crippen LogP contribution is -2.50. The van der Waals surface area contributed by atoms with Crippen molar-refractivity contribution in [2.45, 2.75) is 57.9 Å². The van der Waals surface area contributed by atoms with Crippen LogP contribution in [0.2, 0.25) is 0 Å². The molecule has 2 aromatic rings. The van der Waals surface area contributed by atoms with Crippen LogP contribution in [0.15, 0.2) is 30.5 Å². The van der Waals surface area contributed by atoms with Gasteiger partial charge in [0.2, 0.25) is 5.91 Å². The number of benzene rings is 1. The van der Waals surface area contributed by atoms with Crippen LogP contribution in [0.1, 0.15) is 36.6 Å². The highest BCUT2D eigenvalue weighted by Crippen LogP contribution is 2.26. The van der Waals surface area contributed by atoms with Gasteiger partial charge in [-0.2, -0.15) is 0 Å². The molecular weight excluding hydrogens is 302 g/mol. The number of carbonyl (C=O) groups is 1. The van der Waals surface area contributed by atoms with E-state index in [4.69, 9.17) is 0 Å². The number of hydrogen-bond donors (Lipinski definition) is 1. The highest BCUT2D eigenvalue weighted by molar-refractivity contribution is 5.83. The summed E-state index contributed by atoms with van der Waals surface area (Å²) in [6.07, 6.45) is 4.80. The van der Waals surface area contributed by atoms with Gasteiger partial charge in [-0.3, -0.25) is 9.69 Å². The van der Waals surface area contributed by atoms with Crippen molar-refractivity contribution in [1.29, 1.82) is 0 Å². The molecule has 2 heterocycles. The van der Waals surface area contributed by atoms with Gasteiger partial charge < -0.3 is 5.32 Å². The van der Waals surface area contributed by atoms with Crippen LogP contribution in [0.5, 0.6) is 0 Å². The lowest BCUT2D eigenvalue weighted by atomic mass is 9.93. The number of hydrogen-bond acceptors (Lipinski definition) is 4. The largest absolute Gasteiger partial charge is 0.352 e. The summed E-state index contributed by atoms with van der Waals surface area (Å²) in [6, 6.07) is 8.69. The average Bonchev–Trinajstić information content (AvgIpc) is 3.30. The minimum atomic E-state index is -0.124. The fraction of sp³-hybridized carbons (Fsp3) is 0.500. The third-order valence-electron chi connectivity index (χ3n) is 4.93. The molecule has 6 heteroatoms. The number of aryl methyl sites for hydroxylation is 1. The van der Waals surface area contributed by atoms with Gasteiger partial charge in [0.25, 0.3) is 0 Å². The Labute approximate surface area is 141 Å². The number of rotatable bonds is 5. The summed E-state index contributed by atoms with van der Waals surface area (Å²) in [5, 5.41) is 11.3. The van der Waals surface area contributed by atoms with Crippen molar-refractivity contribution in [3.63, 3.8) is 0 Å². The van der Waals surface area contributed by atoms with Gasteiger partial charge in [-0.15, -0.1) is 5.10 Å². The number of nitrogens with one attached hydrogen (secondary N) is 1.